The van der Waals surface area contributed by atoms with Gasteiger partial charge in [0.1, 0.15) is 23.1 Å². The minimum Gasteiger partial charge on any atom is -0.457 e. The molecule has 0 spiro atoms. The zero-order valence-electron chi connectivity index (χ0n) is 22.1. The number of imidazole rings is 1. The van der Waals surface area contributed by atoms with E-state index in [1.807, 2.05) is 22.9 Å². The van der Waals surface area contributed by atoms with Gasteiger partial charge in [-0.3, -0.25) is 9.69 Å². The standard InChI is InChI=1S/C27H28F4N6O3/c1-35-9-8-18(12-24(35)34-25(38)15-37-13-19(14-37)39-3)40-17-5-7-23-22(11-17)33-26(36(23)2)32-21-10-16(27(29,30)31)4-6-20(21)28/h4-8,10-12,19H,9,13-15H2,1-3H3,(H,32,33)(H,34,38). The number of likely N-dealkylation sites (N-methyl/N-ethyl adjacent to an activating group) is 1. The van der Waals surface area contributed by atoms with Crippen LogP contribution in [0.4, 0.5) is 29.2 Å². The van der Waals surface area contributed by atoms with E-state index in [9.17, 15) is 22.4 Å². The second-order valence-corrected chi connectivity index (χ2v) is 9.68. The van der Waals surface area contributed by atoms with E-state index in [4.69, 9.17) is 9.47 Å². The lowest BCUT2D eigenvalue weighted by Crippen LogP contribution is -2.55. The van der Waals surface area contributed by atoms with Crippen molar-refractivity contribution in [3.05, 3.63) is 71.5 Å². The van der Waals surface area contributed by atoms with Crippen molar-refractivity contribution < 1.29 is 31.8 Å². The molecule has 40 heavy (non-hydrogen) atoms. The number of hydrogen-bond donors (Lipinski definition) is 2. The van der Waals surface area contributed by atoms with Gasteiger partial charge < -0.3 is 29.6 Å². The molecule has 3 aromatic rings. The summed E-state index contributed by atoms with van der Waals surface area (Å²) in [5.74, 6) is 0.772. The van der Waals surface area contributed by atoms with Gasteiger partial charge in [-0.05, 0) is 36.4 Å². The van der Waals surface area contributed by atoms with Crippen LogP contribution in [0.2, 0.25) is 0 Å². The van der Waals surface area contributed by atoms with Crippen molar-refractivity contribution in [2.24, 2.45) is 7.05 Å². The smallest absolute Gasteiger partial charge is 0.416 e. The van der Waals surface area contributed by atoms with E-state index in [1.165, 1.54) is 0 Å². The van der Waals surface area contributed by atoms with Gasteiger partial charge in [0.05, 0.1) is 34.9 Å². The van der Waals surface area contributed by atoms with Gasteiger partial charge in [0.25, 0.3) is 0 Å². The molecule has 1 fully saturated rings. The van der Waals surface area contributed by atoms with Gasteiger partial charge in [0.2, 0.25) is 11.9 Å². The van der Waals surface area contributed by atoms with Gasteiger partial charge in [-0.1, -0.05) is 0 Å². The van der Waals surface area contributed by atoms with E-state index >= 15 is 0 Å². The van der Waals surface area contributed by atoms with E-state index in [2.05, 4.69) is 15.6 Å². The zero-order valence-corrected chi connectivity index (χ0v) is 22.1. The Kier molecular flexibility index (Phi) is 7.43. The molecule has 212 valence electrons. The third-order valence-electron chi connectivity index (χ3n) is 6.78. The minimum absolute atomic E-state index is 0.138. The third-order valence-corrected chi connectivity index (χ3v) is 6.78. The SMILES string of the molecule is COC1CN(CC(=O)NC2=CC(Oc3ccc4c(c3)nc(Nc3cc(C(F)(F)F)ccc3F)n4C)=CCN2C)C1. The summed E-state index contributed by atoms with van der Waals surface area (Å²) in [6, 6.07) is 7.29. The van der Waals surface area contributed by atoms with Crippen LogP contribution in [0.3, 0.4) is 0 Å². The monoisotopic (exact) mass is 560 g/mol. The maximum atomic E-state index is 14.3. The molecule has 1 amide bonds. The second-order valence-electron chi connectivity index (χ2n) is 9.68. The van der Waals surface area contributed by atoms with Crippen molar-refractivity contribution in [2.75, 3.05) is 45.7 Å². The molecule has 2 N–H and O–H groups in total. The number of likely N-dealkylation sites (tertiary alicyclic amines) is 1. The molecule has 13 heteroatoms. The van der Waals surface area contributed by atoms with Gasteiger partial charge in [0, 0.05) is 53.0 Å². The normalized spacial score (nSPS) is 16.4. The number of methoxy groups -OCH3 is 1. The Morgan fingerprint density at radius 2 is 1.93 bits per heavy atom. The molecule has 2 aliphatic rings. The first-order chi connectivity index (χ1) is 19.0. The Hall–Kier alpha value is -4.10. The van der Waals surface area contributed by atoms with Gasteiger partial charge in [-0.15, -0.1) is 0 Å². The van der Waals surface area contributed by atoms with Crippen LogP contribution in [0.1, 0.15) is 5.56 Å². The number of amides is 1. The molecule has 2 aromatic carbocycles. The van der Waals surface area contributed by atoms with E-state index in [0.717, 1.165) is 19.2 Å². The lowest BCUT2D eigenvalue weighted by molar-refractivity contribution is -0.137. The molecule has 1 aromatic heterocycles. The molecular weight excluding hydrogens is 532 g/mol. The molecule has 5 rings (SSSR count). The molecule has 0 radical (unpaired) electrons. The average molecular weight is 561 g/mol. The summed E-state index contributed by atoms with van der Waals surface area (Å²) in [7, 11) is 5.17. The van der Waals surface area contributed by atoms with Crippen LogP contribution >= 0.6 is 0 Å². The van der Waals surface area contributed by atoms with Crippen LogP contribution in [0.15, 0.2) is 60.1 Å². The number of hydrogen-bond acceptors (Lipinski definition) is 7. The molecule has 0 bridgehead atoms. The number of allylic oxidation sites excluding steroid dienone is 1. The molecule has 9 nitrogen and oxygen atoms in total. The number of carbonyl (C=O) groups excluding carboxylic acids is 1. The second kappa shape index (κ2) is 10.8. The summed E-state index contributed by atoms with van der Waals surface area (Å²) >= 11 is 0. The lowest BCUT2D eigenvalue weighted by Gasteiger charge is -2.37. The summed E-state index contributed by atoms with van der Waals surface area (Å²) in [6.07, 6.45) is -0.857. The van der Waals surface area contributed by atoms with Crippen LogP contribution in [-0.4, -0.2) is 71.7 Å². The van der Waals surface area contributed by atoms with Crippen molar-refractivity contribution >= 4 is 28.6 Å². The first kappa shape index (κ1) is 27.5. The predicted molar refractivity (Wildman–Crippen MR) is 140 cm³/mol. The van der Waals surface area contributed by atoms with Gasteiger partial charge >= 0.3 is 6.18 Å². The van der Waals surface area contributed by atoms with Crippen LogP contribution in [-0.2, 0) is 22.8 Å². The van der Waals surface area contributed by atoms with Crippen molar-refractivity contribution in [1.29, 1.82) is 0 Å². The predicted octanol–water partition coefficient (Wildman–Crippen LogP) is 3.97. The summed E-state index contributed by atoms with van der Waals surface area (Å²) in [6.45, 7) is 2.21. The number of halogens is 4. The van der Waals surface area contributed by atoms with E-state index in [0.29, 0.717) is 47.0 Å². The highest BCUT2D eigenvalue weighted by atomic mass is 19.4. The number of aryl methyl sites for hydroxylation is 1. The first-order valence-electron chi connectivity index (χ1n) is 12.5. The van der Waals surface area contributed by atoms with Crippen LogP contribution in [0, 0.1) is 5.82 Å². The number of alkyl halides is 3. The number of ether oxygens (including phenoxy) is 2. The van der Waals surface area contributed by atoms with Crippen molar-refractivity contribution in [3.63, 3.8) is 0 Å². The number of carbonyl (C=O) groups is 1. The summed E-state index contributed by atoms with van der Waals surface area (Å²) in [4.78, 5) is 20.8. The van der Waals surface area contributed by atoms with E-state index < -0.39 is 17.6 Å². The Morgan fingerprint density at radius 1 is 1.15 bits per heavy atom. The van der Waals surface area contributed by atoms with Crippen molar-refractivity contribution in [1.82, 2.24) is 24.7 Å². The Labute approximate surface area is 227 Å². The van der Waals surface area contributed by atoms with Gasteiger partial charge in [-0.25, -0.2) is 9.37 Å². The molecular formula is C27H28F4N6O3. The maximum absolute atomic E-state index is 14.3. The zero-order chi connectivity index (χ0) is 28.6. The van der Waals surface area contributed by atoms with Crippen molar-refractivity contribution in [3.8, 4) is 5.75 Å². The summed E-state index contributed by atoms with van der Waals surface area (Å²) in [5.41, 5.74) is -0.163. The molecule has 1 saturated heterocycles. The minimum atomic E-state index is -4.61. The highest BCUT2D eigenvalue weighted by Gasteiger charge is 2.31. The van der Waals surface area contributed by atoms with E-state index in [1.54, 1.807) is 43.0 Å². The fraction of sp³-hybridized carbons (Fsp3) is 0.333. The highest BCUT2D eigenvalue weighted by Crippen LogP contribution is 2.33. The fourth-order valence-corrected chi connectivity index (χ4v) is 4.43. The summed E-state index contributed by atoms with van der Waals surface area (Å²) in [5, 5.41) is 5.58. The highest BCUT2D eigenvalue weighted by molar-refractivity contribution is 5.81. The molecule has 2 aliphatic heterocycles. The summed E-state index contributed by atoms with van der Waals surface area (Å²) < 4.78 is 66.4. The first-order valence-corrected chi connectivity index (χ1v) is 12.5. The quantitative estimate of drug-likeness (QED) is 0.404. The molecule has 3 heterocycles. The Bertz CT molecular complexity index is 1490. The number of anilines is 2. The third kappa shape index (κ3) is 5.89. The molecule has 0 atom stereocenters. The number of benzene rings is 2. The largest absolute Gasteiger partial charge is 0.457 e. The molecule has 0 aliphatic carbocycles. The number of nitrogens with one attached hydrogen (secondary N) is 2. The molecule has 0 unspecified atom stereocenters. The molecule has 0 saturated carbocycles. The number of nitrogens with zero attached hydrogens (tertiary/aromatic N) is 4. The lowest BCUT2D eigenvalue weighted by atomic mass is 10.1. The van der Waals surface area contributed by atoms with E-state index in [-0.39, 0.29) is 30.2 Å². The number of aromatic nitrogens is 2. The number of rotatable bonds is 8. The van der Waals surface area contributed by atoms with Crippen LogP contribution < -0.4 is 15.4 Å². The Morgan fingerprint density at radius 3 is 2.65 bits per heavy atom. The average Bonchev–Trinajstić information content (AvgIpc) is 3.18. The fourth-order valence-electron chi connectivity index (χ4n) is 4.43. The number of fused-ring (bicyclic) bond motifs is 1. The topological polar surface area (TPSA) is 83.9 Å². The van der Waals surface area contributed by atoms with Gasteiger partial charge in [-0.2, -0.15) is 13.2 Å². The van der Waals surface area contributed by atoms with Gasteiger partial charge in [0.15, 0.2) is 0 Å². The van der Waals surface area contributed by atoms with Crippen molar-refractivity contribution in [2.45, 2.75) is 12.3 Å². The maximum Gasteiger partial charge on any atom is 0.416 e. The van der Waals surface area contributed by atoms with Crippen LogP contribution in [0.5, 0.6) is 5.75 Å². The van der Waals surface area contributed by atoms with Crippen LogP contribution in [0.25, 0.3) is 11.0 Å². The Balaban J connectivity index is 1.28.